The van der Waals surface area contributed by atoms with E-state index in [-0.39, 0.29) is 45.4 Å². The minimum Gasteiger partial charge on any atom is -0.506 e. The fraction of sp³-hybridized carbons (Fsp3) is 0.269. The number of nitrogens with one attached hydrogen (secondary N) is 2. The third-order valence-corrected chi connectivity index (χ3v) is 7.69. The number of aromatic amines is 1. The predicted octanol–water partition coefficient (Wildman–Crippen LogP) is 2.90. The monoisotopic (exact) mass is 583 g/mol. The Morgan fingerprint density at radius 1 is 1.15 bits per heavy atom. The smallest absolute Gasteiger partial charge is 0.260 e. The van der Waals surface area contributed by atoms with Gasteiger partial charge in [0.25, 0.3) is 11.5 Å². The van der Waals surface area contributed by atoms with Crippen molar-refractivity contribution in [3.8, 4) is 16.9 Å². The second-order valence-corrected chi connectivity index (χ2v) is 10.6. The number of ether oxygens (including phenoxy) is 1. The van der Waals surface area contributed by atoms with Gasteiger partial charge in [0.2, 0.25) is 5.91 Å². The number of aromatic nitrogens is 4. The average molecular weight is 584 g/mol. The van der Waals surface area contributed by atoms with E-state index in [0.717, 1.165) is 25.9 Å². The van der Waals surface area contributed by atoms with Crippen LogP contribution >= 0.6 is 23.2 Å². The lowest BCUT2D eigenvalue weighted by molar-refractivity contribution is -0.116. The van der Waals surface area contributed by atoms with Crippen LogP contribution in [0, 0.1) is 0 Å². The molecule has 40 heavy (non-hydrogen) atoms. The van der Waals surface area contributed by atoms with Gasteiger partial charge in [-0.2, -0.15) is 0 Å². The highest BCUT2D eigenvalue weighted by Gasteiger charge is 2.34. The van der Waals surface area contributed by atoms with Gasteiger partial charge < -0.3 is 35.3 Å². The van der Waals surface area contributed by atoms with Crippen LogP contribution in [0.5, 0.6) is 5.75 Å². The Labute approximate surface area is 236 Å². The van der Waals surface area contributed by atoms with Crippen molar-refractivity contribution >= 4 is 57.6 Å². The molecular weight excluding hydrogens is 561 g/mol. The number of rotatable bonds is 6. The van der Waals surface area contributed by atoms with Crippen LogP contribution in [0.4, 0.5) is 11.5 Å². The standard InChI is InChI=1S/C26H23Cl2N7O5/c27-17-4-12(3-15(23(17)37)24(29)38)16-9-35(25-22(16)26(39)32-11-31-25)10-21(36)33-19-5-20(30-6-18(19)28)34-7-13-1-2-14(8-34)40-13/h3-6,9,11,13-14,37H,1-2,7-8,10H2,(H2,29,38)(H,30,33,36)(H,31,32,39). The summed E-state index contributed by atoms with van der Waals surface area (Å²) < 4.78 is 7.40. The molecular formula is C26H23Cl2N7O5. The molecule has 2 bridgehead atoms. The third-order valence-electron chi connectivity index (χ3n) is 7.10. The molecule has 2 amide bonds. The first-order valence-corrected chi connectivity index (χ1v) is 13.2. The number of primary amides is 1. The number of nitrogens with two attached hydrogens (primary N) is 1. The van der Waals surface area contributed by atoms with Crippen LogP contribution in [0.3, 0.4) is 0 Å². The summed E-state index contributed by atoms with van der Waals surface area (Å²) in [6, 6.07) is 4.45. The normalized spacial score (nSPS) is 18.3. The van der Waals surface area contributed by atoms with Gasteiger partial charge in [-0.15, -0.1) is 0 Å². The van der Waals surface area contributed by atoms with Crippen LogP contribution < -0.4 is 21.5 Å². The van der Waals surface area contributed by atoms with E-state index in [9.17, 15) is 19.5 Å². The van der Waals surface area contributed by atoms with Crippen LogP contribution in [0.1, 0.15) is 23.2 Å². The summed E-state index contributed by atoms with van der Waals surface area (Å²) in [5.41, 5.74) is 6.00. The number of anilines is 2. The molecule has 2 aliphatic heterocycles. The van der Waals surface area contributed by atoms with Crippen LogP contribution in [0.25, 0.3) is 22.2 Å². The third kappa shape index (κ3) is 4.74. The topological polar surface area (TPSA) is 168 Å². The predicted molar refractivity (Wildman–Crippen MR) is 149 cm³/mol. The lowest BCUT2D eigenvalue weighted by Crippen LogP contribution is -2.43. The molecule has 5 N–H and O–H groups in total. The molecule has 0 aliphatic carbocycles. The highest BCUT2D eigenvalue weighted by molar-refractivity contribution is 6.34. The number of halogens is 2. The first-order valence-electron chi connectivity index (χ1n) is 12.4. The molecule has 206 valence electrons. The highest BCUT2D eigenvalue weighted by Crippen LogP contribution is 2.36. The van der Waals surface area contributed by atoms with E-state index in [1.807, 2.05) is 0 Å². The first-order chi connectivity index (χ1) is 19.2. The second kappa shape index (κ2) is 10.1. The maximum atomic E-state index is 13.2. The van der Waals surface area contributed by atoms with Crippen molar-refractivity contribution in [1.82, 2.24) is 19.5 Å². The van der Waals surface area contributed by atoms with Crippen molar-refractivity contribution in [1.29, 1.82) is 0 Å². The number of carbonyl (C=O) groups excluding carboxylic acids is 2. The van der Waals surface area contributed by atoms with Crippen molar-refractivity contribution in [3.63, 3.8) is 0 Å². The molecule has 2 aliphatic rings. The molecule has 2 fully saturated rings. The summed E-state index contributed by atoms with van der Waals surface area (Å²) in [6.45, 7) is 1.22. The molecule has 5 heterocycles. The molecule has 6 rings (SSSR count). The number of H-pyrrole nitrogens is 1. The number of hydrogen-bond acceptors (Lipinski definition) is 8. The fourth-order valence-corrected chi connectivity index (χ4v) is 5.63. The quantitative estimate of drug-likeness (QED) is 0.268. The fourth-order valence-electron chi connectivity index (χ4n) is 5.26. The average Bonchev–Trinajstić information content (AvgIpc) is 3.46. The number of fused-ring (bicyclic) bond motifs is 3. The second-order valence-electron chi connectivity index (χ2n) is 9.75. The SMILES string of the molecule is NC(=O)c1cc(-c2cn(CC(=O)Nc3cc(N4CC5CCC(C4)O5)ncc3Cl)c3nc[nH]c(=O)c23)cc(Cl)c1O. The van der Waals surface area contributed by atoms with Crippen LogP contribution in [0.15, 0.2) is 41.7 Å². The van der Waals surface area contributed by atoms with E-state index in [1.54, 1.807) is 12.3 Å². The Kier molecular flexibility index (Phi) is 6.61. The number of amides is 2. The van der Waals surface area contributed by atoms with Gasteiger partial charge in [-0.3, -0.25) is 14.4 Å². The van der Waals surface area contributed by atoms with Crippen molar-refractivity contribution in [2.75, 3.05) is 23.3 Å². The Balaban J connectivity index is 1.30. The first kappa shape index (κ1) is 26.1. The van der Waals surface area contributed by atoms with Gasteiger partial charge in [0.1, 0.15) is 23.8 Å². The summed E-state index contributed by atoms with van der Waals surface area (Å²) in [6.07, 6.45) is 6.64. The molecule has 0 radical (unpaired) electrons. The van der Waals surface area contributed by atoms with Crippen LogP contribution in [-0.2, 0) is 16.1 Å². The van der Waals surface area contributed by atoms with Crippen molar-refractivity contribution in [3.05, 3.63) is 62.9 Å². The van der Waals surface area contributed by atoms with E-state index in [4.69, 9.17) is 33.7 Å². The minimum atomic E-state index is -0.894. The van der Waals surface area contributed by atoms with Crippen molar-refractivity contribution in [2.45, 2.75) is 31.6 Å². The van der Waals surface area contributed by atoms with Gasteiger partial charge in [-0.1, -0.05) is 23.2 Å². The molecule has 14 heteroatoms. The minimum absolute atomic E-state index is 0.123. The van der Waals surface area contributed by atoms with Crippen molar-refractivity contribution < 1.29 is 19.4 Å². The number of aromatic hydroxyl groups is 1. The Hall–Kier alpha value is -4.13. The number of hydrogen-bond donors (Lipinski definition) is 4. The zero-order valence-electron chi connectivity index (χ0n) is 20.9. The molecule has 2 saturated heterocycles. The number of nitrogens with zero attached hydrogens (tertiary/aromatic N) is 4. The number of phenols is 1. The number of pyridine rings is 1. The molecule has 1 aromatic carbocycles. The Bertz CT molecular complexity index is 1720. The van der Waals surface area contributed by atoms with Gasteiger partial charge in [0, 0.05) is 30.9 Å². The molecule has 2 unspecified atom stereocenters. The summed E-state index contributed by atoms with van der Waals surface area (Å²) in [5, 5.41) is 13.3. The highest BCUT2D eigenvalue weighted by atomic mass is 35.5. The van der Waals surface area contributed by atoms with Gasteiger partial charge in [0.05, 0.1) is 51.4 Å². The summed E-state index contributed by atoms with van der Waals surface area (Å²) >= 11 is 12.5. The van der Waals surface area contributed by atoms with E-state index >= 15 is 0 Å². The van der Waals surface area contributed by atoms with Gasteiger partial charge in [-0.25, -0.2) is 9.97 Å². The van der Waals surface area contributed by atoms with Crippen LogP contribution in [-0.4, -0.2) is 61.7 Å². The van der Waals surface area contributed by atoms with E-state index in [2.05, 4.69) is 25.2 Å². The maximum absolute atomic E-state index is 13.2. The number of morpholine rings is 1. The number of benzene rings is 1. The summed E-state index contributed by atoms with van der Waals surface area (Å²) in [5.74, 6) is -1.09. The van der Waals surface area contributed by atoms with Gasteiger partial charge in [-0.05, 0) is 30.5 Å². The molecule has 0 saturated carbocycles. The van der Waals surface area contributed by atoms with Crippen LogP contribution in [0.2, 0.25) is 10.0 Å². The lowest BCUT2D eigenvalue weighted by atomic mass is 10.0. The van der Waals surface area contributed by atoms with Crippen molar-refractivity contribution in [2.24, 2.45) is 5.73 Å². The largest absolute Gasteiger partial charge is 0.506 e. The molecule has 4 aromatic rings. The zero-order chi connectivity index (χ0) is 28.1. The van der Waals surface area contributed by atoms with Gasteiger partial charge in [0.15, 0.2) is 0 Å². The van der Waals surface area contributed by atoms with Gasteiger partial charge >= 0.3 is 0 Å². The van der Waals surface area contributed by atoms with E-state index in [1.165, 1.54) is 29.2 Å². The van der Waals surface area contributed by atoms with E-state index < -0.39 is 23.1 Å². The zero-order valence-corrected chi connectivity index (χ0v) is 22.4. The molecule has 3 aromatic heterocycles. The van der Waals surface area contributed by atoms with E-state index in [0.29, 0.717) is 22.6 Å². The summed E-state index contributed by atoms with van der Waals surface area (Å²) in [7, 11) is 0. The molecule has 2 atom stereocenters. The Morgan fingerprint density at radius 3 is 2.62 bits per heavy atom. The maximum Gasteiger partial charge on any atom is 0.260 e. The molecule has 0 spiro atoms. The lowest BCUT2D eigenvalue weighted by Gasteiger charge is -2.33. The summed E-state index contributed by atoms with van der Waals surface area (Å²) in [4.78, 5) is 51.2. The molecule has 12 nitrogen and oxygen atoms in total. The number of carbonyl (C=O) groups is 2. The Morgan fingerprint density at radius 2 is 1.90 bits per heavy atom.